The predicted molar refractivity (Wildman–Crippen MR) is 99.6 cm³/mol. The second-order valence-electron chi connectivity index (χ2n) is 7.24. The molecule has 2 aromatic heterocycles. The van der Waals surface area contributed by atoms with Crippen molar-refractivity contribution >= 4 is 10.9 Å². The van der Waals surface area contributed by atoms with Crippen molar-refractivity contribution in [2.24, 2.45) is 0 Å². The molecule has 0 atom stereocenters. The highest BCUT2D eigenvalue weighted by atomic mass is 16.4. The van der Waals surface area contributed by atoms with Crippen LogP contribution < -0.4 is 0 Å². The molecule has 5 heteroatoms. The zero-order chi connectivity index (χ0) is 17.2. The topological polar surface area (TPSA) is 47.1 Å². The Morgan fingerprint density at radius 1 is 1.04 bits per heavy atom. The molecule has 3 aromatic rings. The third-order valence-corrected chi connectivity index (χ3v) is 5.05. The lowest BCUT2D eigenvalue weighted by Crippen LogP contribution is -2.32. The van der Waals surface area contributed by atoms with E-state index in [4.69, 9.17) is 4.42 Å². The number of piperidine rings is 1. The Kier molecular flexibility index (Phi) is 4.57. The Labute approximate surface area is 148 Å². The highest BCUT2D eigenvalue weighted by molar-refractivity contribution is 5.85. The van der Waals surface area contributed by atoms with Gasteiger partial charge in [-0.05, 0) is 38.1 Å². The van der Waals surface area contributed by atoms with Gasteiger partial charge in [-0.2, -0.15) is 0 Å². The van der Waals surface area contributed by atoms with E-state index in [0.717, 1.165) is 18.8 Å². The number of hydrogen-bond acceptors (Lipinski definition) is 4. The second kappa shape index (κ2) is 7.00. The van der Waals surface area contributed by atoms with E-state index in [2.05, 4.69) is 63.8 Å². The van der Waals surface area contributed by atoms with Crippen LogP contribution >= 0.6 is 0 Å². The van der Waals surface area contributed by atoms with Crippen LogP contribution in [0.2, 0.25) is 0 Å². The maximum Gasteiger partial charge on any atom is 0.264 e. The number of rotatable bonds is 5. The van der Waals surface area contributed by atoms with E-state index in [0.29, 0.717) is 11.8 Å². The summed E-state index contributed by atoms with van der Waals surface area (Å²) in [5.41, 5.74) is 2.26. The van der Waals surface area contributed by atoms with E-state index >= 15 is 0 Å². The van der Waals surface area contributed by atoms with Gasteiger partial charge in [-0.25, -0.2) is 0 Å². The summed E-state index contributed by atoms with van der Waals surface area (Å²) >= 11 is 0. The molecular formula is C20H26N4O. The fraction of sp³-hybridized carbons (Fsp3) is 0.500. The number of fused-ring (bicyclic) bond motifs is 1. The first-order valence-corrected chi connectivity index (χ1v) is 9.37. The molecular weight excluding hydrogens is 312 g/mol. The third kappa shape index (κ3) is 3.33. The summed E-state index contributed by atoms with van der Waals surface area (Å²) < 4.78 is 8.27. The van der Waals surface area contributed by atoms with Crippen LogP contribution in [-0.2, 0) is 6.54 Å². The monoisotopic (exact) mass is 338 g/mol. The third-order valence-electron chi connectivity index (χ3n) is 5.05. The maximum atomic E-state index is 5.94. The Morgan fingerprint density at radius 3 is 2.60 bits per heavy atom. The van der Waals surface area contributed by atoms with Gasteiger partial charge in [0.05, 0.1) is 0 Å². The van der Waals surface area contributed by atoms with Gasteiger partial charge >= 0.3 is 0 Å². The molecule has 0 aliphatic carbocycles. The van der Waals surface area contributed by atoms with E-state index < -0.39 is 0 Å². The summed E-state index contributed by atoms with van der Waals surface area (Å²) in [7, 11) is 0. The normalized spacial score (nSPS) is 16.1. The lowest BCUT2D eigenvalue weighted by molar-refractivity contribution is 0.222. The predicted octanol–water partition coefficient (Wildman–Crippen LogP) is 4.30. The van der Waals surface area contributed by atoms with Crippen LogP contribution in [0.5, 0.6) is 0 Å². The molecule has 25 heavy (non-hydrogen) atoms. The zero-order valence-electron chi connectivity index (χ0n) is 15.1. The Hall–Kier alpha value is -2.14. The van der Waals surface area contributed by atoms with E-state index in [9.17, 15) is 0 Å². The van der Waals surface area contributed by atoms with Crippen LogP contribution in [0.25, 0.3) is 22.5 Å². The molecule has 0 radical (unpaired) electrons. The van der Waals surface area contributed by atoms with E-state index in [1.165, 1.54) is 43.3 Å². The molecule has 4 rings (SSSR count). The van der Waals surface area contributed by atoms with E-state index in [1.807, 2.05) is 0 Å². The molecule has 1 aromatic carbocycles. The van der Waals surface area contributed by atoms with Crippen molar-refractivity contribution in [2.75, 3.05) is 19.6 Å². The molecule has 1 fully saturated rings. The van der Waals surface area contributed by atoms with E-state index in [-0.39, 0.29) is 5.92 Å². The minimum atomic E-state index is 0.243. The summed E-state index contributed by atoms with van der Waals surface area (Å²) in [6, 6.07) is 10.7. The molecule has 3 heterocycles. The lowest BCUT2D eigenvalue weighted by atomic mass is 10.1. The minimum Gasteiger partial charge on any atom is -0.419 e. The quantitative estimate of drug-likeness (QED) is 0.696. The van der Waals surface area contributed by atoms with Crippen molar-refractivity contribution in [1.82, 2.24) is 19.7 Å². The molecule has 0 bridgehead atoms. The van der Waals surface area contributed by atoms with Crippen molar-refractivity contribution < 1.29 is 4.42 Å². The Balaban J connectivity index is 1.67. The molecule has 0 unspecified atom stereocenters. The van der Waals surface area contributed by atoms with E-state index in [1.54, 1.807) is 0 Å². The summed E-state index contributed by atoms with van der Waals surface area (Å²) in [5, 5.41) is 9.74. The van der Waals surface area contributed by atoms with Gasteiger partial charge in [0, 0.05) is 29.9 Å². The van der Waals surface area contributed by atoms with Gasteiger partial charge in [-0.3, -0.25) is 0 Å². The summed E-state index contributed by atoms with van der Waals surface area (Å²) in [4.78, 5) is 2.56. The summed E-state index contributed by atoms with van der Waals surface area (Å²) in [6.07, 6.45) is 4.01. The number of benzene rings is 1. The van der Waals surface area contributed by atoms with Gasteiger partial charge in [0.15, 0.2) is 0 Å². The van der Waals surface area contributed by atoms with Crippen LogP contribution in [0.3, 0.4) is 0 Å². The fourth-order valence-corrected chi connectivity index (χ4v) is 3.62. The standard InChI is InChI=1S/C20H26N4O/c1-15(2)19-21-22-20(25-19)18-14-16-8-4-5-9-17(16)24(18)13-12-23-10-6-3-7-11-23/h4-5,8-9,14-15H,3,6-7,10-13H2,1-2H3. The molecule has 1 saturated heterocycles. The number of para-hydroxylation sites is 1. The number of aromatic nitrogens is 3. The molecule has 0 saturated carbocycles. The van der Waals surface area contributed by atoms with Crippen LogP contribution in [0.1, 0.15) is 44.9 Å². The van der Waals surface area contributed by atoms with Crippen LogP contribution in [0.4, 0.5) is 0 Å². The molecule has 1 aliphatic heterocycles. The largest absolute Gasteiger partial charge is 0.419 e. The molecule has 0 N–H and O–H groups in total. The number of nitrogens with zero attached hydrogens (tertiary/aromatic N) is 4. The molecule has 0 amide bonds. The molecule has 5 nitrogen and oxygen atoms in total. The Bertz CT molecular complexity index is 842. The smallest absolute Gasteiger partial charge is 0.264 e. The van der Waals surface area contributed by atoms with Crippen molar-refractivity contribution in [2.45, 2.75) is 45.6 Å². The molecule has 132 valence electrons. The van der Waals surface area contributed by atoms with Gasteiger partial charge in [0.1, 0.15) is 5.69 Å². The summed E-state index contributed by atoms with van der Waals surface area (Å²) in [5.74, 6) is 1.56. The minimum absolute atomic E-state index is 0.243. The van der Waals surface area contributed by atoms with Crippen molar-refractivity contribution in [3.63, 3.8) is 0 Å². The van der Waals surface area contributed by atoms with Gasteiger partial charge < -0.3 is 13.9 Å². The van der Waals surface area contributed by atoms with Crippen LogP contribution in [0.15, 0.2) is 34.7 Å². The summed E-state index contributed by atoms with van der Waals surface area (Å²) in [6.45, 7) is 8.59. The van der Waals surface area contributed by atoms with Gasteiger partial charge in [-0.1, -0.05) is 38.5 Å². The van der Waals surface area contributed by atoms with Crippen molar-refractivity contribution in [3.8, 4) is 11.6 Å². The first-order chi connectivity index (χ1) is 12.2. The maximum absolute atomic E-state index is 5.94. The van der Waals surface area contributed by atoms with Gasteiger partial charge in [-0.15, -0.1) is 10.2 Å². The van der Waals surface area contributed by atoms with Crippen LogP contribution in [-0.4, -0.2) is 39.3 Å². The first kappa shape index (κ1) is 16.3. The molecule has 1 aliphatic rings. The number of hydrogen-bond donors (Lipinski definition) is 0. The highest BCUT2D eigenvalue weighted by Crippen LogP contribution is 2.28. The second-order valence-corrected chi connectivity index (χ2v) is 7.24. The van der Waals surface area contributed by atoms with Gasteiger partial charge in [0.25, 0.3) is 5.89 Å². The average molecular weight is 338 g/mol. The van der Waals surface area contributed by atoms with Crippen molar-refractivity contribution in [3.05, 3.63) is 36.2 Å². The average Bonchev–Trinajstić information content (AvgIpc) is 3.26. The molecule has 0 spiro atoms. The first-order valence-electron chi connectivity index (χ1n) is 9.37. The van der Waals surface area contributed by atoms with Crippen molar-refractivity contribution in [1.29, 1.82) is 0 Å². The fourth-order valence-electron chi connectivity index (χ4n) is 3.62. The zero-order valence-corrected chi connectivity index (χ0v) is 15.1. The lowest BCUT2D eigenvalue weighted by Gasteiger charge is -2.26. The van der Waals surface area contributed by atoms with Crippen LogP contribution in [0, 0.1) is 0 Å². The Morgan fingerprint density at radius 2 is 1.84 bits per heavy atom. The highest BCUT2D eigenvalue weighted by Gasteiger charge is 2.18. The SMILES string of the molecule is CC(C)c1nnc(-c2cc3ccccc3n2CCN2CCCCC2)o1. The number of likely N-dealkylation sites (tertiary alicyclic amines) is 1. The van der Waals surface area contributed by atoms with Gasteiger partial charge in [0.2, 0.25) is 5.89 Å².